The summed E-state index contributed by atoms with van der Waals surface area (Å²) in [5.74, 6) is 0. The summed E-state index contributed by atoms with van der Waals surface area (Å²) in [6.45, 7) is 3.73. The van der Waals surface area contributed by atoms with E-state index in [2.05, 4.69) is 0 Å². The summed E-state index contributed by atoms with van der Waals surface area (Å²) in [6.07, 6.45) is 6.56. The second-order valence-corrected chi connectivity index (χ2v) is 4.44. The van der Waals surface area contributed by atoms with Crippen molar-refractivity contribution < 1.29 is 4.92 Å². The van der Waals surface area contributed by atoms with Crippen LogP contribution in [-0.4, -0.2) is 23.0 Å². The van der Waals surface area contributed by atoms with Crippen molar-refractivity contribution in [1.29, 1.82) is 0 Å². The molecule has 0 saturated carbocycles. The Hall–Kier alpha value is -1.20. The van der Waals surface area contributed by atoms with E-state index in [9.17, 15) is 10.1 Å². The minimum atomic E-state index is -1.31. The van der Waals surface area contributed by atoms with Crippen molar-refractivity contribution in [2.45, 2.75) is 25.4 Å². The van der Waals surface area contributed by atoms with Crippen molar-refractivity contribution in [3.63, 3.8) is 0 Å². The summed E-state index contributed by atoms with van der Waals surface area (Å²) >= 11 is 0. The number of nitro groups is 1. The van der Waals surface area contributed by atoms with Gasteiger partial charge in [0.15, 0.2) is 0 Å². The number of allylic oxidation sites excluding steroid dienone is 2. The lowest BCUT2D eigenvalue weighted by Crippen LogP contribution is -2.63. The maximum absolute atomic E-state index is 11.3. The van der Waals surface area contributed by atoms with Gasteiger partial charge >= 0.3 is 0 Å². The molecule has 5 heteroatoms. The Morgan fingerprint density at radius 3 is 2.53 bits per heavy atom. The third kappa shape index (κ3) is 1.57. The lowest BCUT2D eigenvalue weighted by molar-refractivity contribution is -0.576. The van der Waals surface area contributed by atoms with Crippen LogP contribution in [0.1, 0.15) is 13.8 Å². The van der Waals surface area contributed by atoms with Crippen molar-refractivity contribution in [2.24, 2.45) is 16.9 Å². The Morgan fingerprint density at radius 1 is 1.53 bits per heavy atom. The third-order valence-corrected chi connectivity index (χ3v) is 3.18. The molecule has 0 aromatic rings. The molecule has 0 aliphatic heterocycles. The van der Waals surface area contributed by atoms with E-state index in [1.54, 1.807) is 38.2 Å². The summed E-state index contributed by atoms with van der Waals surface area (Å²) < 4.78 is 0. The molecule has 84 valence electrons. The quantitative estimate of drug-likeness (QED) is 0.523. The van der Waals surface area contributed by atoms with Crippen LogP contribution < -0.4 is 11.5 Å². The molecule has 4 N–H and O–H groups in total. The van der Waals surface area contributed by atoms with Crippen molar-refractivity contribution in [1.82, 2.24) is 0 Å². The Balaban J connectivity index is 3.27. The van der Waals surface area contributed by atoms with Gasteiger partial charge < -0.3 is 11.5 Å². The molecule has 0 bridgehead atoms. The van der Waals surface area contributed by atoms with Gasteiger partial charge in [0.25, 0.3) is 5.54 Å². The number of nitrogens with zero attached hydrogens (tertiary/aromatic N) is 1. The molecule has 0 aromatic heterocycles. The third-order valence-electron chi connectivity index (χ3n) is 3.18. The lowest BCUT2D eigenvalue weighted by Gasteiger charge is -2.40. The van der Waals surface area contributed by atoms with Crippen LogP contribution in [0.4, 0.5) is 0 Å². The second-order valence-electron chi connectivity index (χ2n) is 4.44. The summed E-state index contributed by atoms with van der Waals surface area (Å²) in [6, 6.07) is -0.643. The predicted octanol–water partition coefficient (Wildman–Crippen LogP) is 0.440. The normalized spacial score (nSPS) is 30.5. The molecule has 0 saturated heterocycles. The SMILES string of the molecule is CC(C)(CN)C1([N+](=O)[O-])C=CC=CC1N. The molecule has 5 nitrogen and oxygen atoms in total. The first-order valence-corrected chi connectivity index (χ1v) is 4.84. The zero-order valence-electron chi connectivity index (χ0n) is 9.01. The highest BCUT2D eigenvalue weighted by atomic mass is 16.6. The van der Waals surface area contributed by atoms with E-state index >= 15 is 0 Å². The predicted molar refractivity (Wildman–Crippen MR) is 58.8 cm³/mol. The molecule has 2 unspecified atom stereocenters. The van der Waals surface area contributed by atoms with Crippen molar-refractivity contribution in [3.8, 4) is 0 Å². The summed E-state index contributed by atoms with van der Waals surface area (Å²) in [7, 11) is 0. The van der Waals surface area contributed by atoms with Gasteiger partial charge in [-0.25, -0.2) is 0 Å². The zero-order chi connectivity index (χ0) is 11.7. The van der Waals surface area contributed by atoms with E-state index in [0.29, 0.717) is 0 Å². The van der Waals surface area contributed by atoms with Crippen molar-refractivity contribution in [2.75, 3.05) is 6.54 Å². The van der Waals surface area contributed by atoms with Crippen LogP contribution in [0.25, 0.3) is 0 Å². The molecule has 0 spiro atoms. The average molecular weight is 211 g/mol. The Bertz CT molecular complexity index is 323. The second kappa shape index (κ2) is 3.75. The molecule has 1 aliphatic carbocycles. The number of nitrogens with two attached hydrogens (primary N) is 2. The van der Waals surface area contributed by atoms with Crippen LogP contribution >= 0.6 is 0 Å². The molecule has 1 aliphatic rings. The Kier molecular flexibility index (Phi) is 2.97. The molecule has 0 amide bonds. The van der Waals surface area contributed by atoms with Gasteiger partial charge in [-0.05, 0) is 6.08 Å². The summed E-state index contributed by atoms with van der Waals surface area (Å²) in [4.78, 5) is 10.9. The van der Waals surface area contributed by atoms with E-state index in [1.807, 2.05) is 0 Å². The van der Waals surface area contributed by atoms with Gasteiger partial charge in [0.2, 0.25) is 0 Å². The lowest BCUT2D eigenvalue weighted by atomic mass is 9.67. The largest absolute Gasteiger partial charge is 0.330 e. The van der Waals surface area contributed by atoms with Gasteiger partial charge in [0.1, 0.15) is 0 Å². The molecular formula is C10H17N3O2. The Labute approximate surface area is 89.0 Å². The van der Waals surface area contributed by atoms with Gasteiger partial charge in [-0.15, -0.1) is 0 Å². The van der Waals surface area contributed by atoms with E-state index in [-0.39, 0.29) is 11.5 Å². The van der Waals surface area contributed by atoms with E-state index in [0.717, 1.165) is 0 Å². The molecule has 0 aromatic carbocycles. The molecule has 0 radical (unpaired) electrons. The van der Waals surface area contributed by atoms with Crippen LogP contribution in [-0.2, 0) is 0 Å². The van der Waals surface area contributed by atoms with Crippen molar-refractivity contribution >= 4 is 0 Å². The maximum atomic E-state index is 11.3. The highest BCUT2D eigenvalue weighted by molar-refractivity contribution is 5.27. The number of rotatable bonds is 3. The maximum Gasteiger partial charge on any atom is 0.265 e. The van der Waals surface area contributed by atoms with Crippen LogP contribution in [0.2, 0.25) is 0 Å². The molecule has 0 heterocycles. The first-order chi connectivity index (χ1) is 6.88. The van der Waals surface area contributed by atoms with E-state index in [4.69, 9.17) is 11.5 Å². The minimum Gasteiger partial charge on any atom is -0.330 e. The number of hydrogen-bond donors (Lipinski definition) is 2. The molecule has 15 heavy (non-hydrogen) atoms. The molecule has 0 fully saturated rings. The fraction of sp³-hybridized carbons (Fsp3) is 0.600. The number of hydrogen-bond acceptors (Lipinski definition) is 4. The standard InChI is InChI=1S/C10H17N3O2/c1-9(2,7-11)10(13(14)15)6-4-3-5-8(10)12/h3-6,8H,7,11-12H2,1-2H3. The monoisotopic (exact) mass is 211 g/mol. The van der Waals surface area contributed by atoms with Gasteiger partial charge in [0.05, 0.1) is 11.5 Å². The zero-order valence-corrected chi connectivity index (χ0v) is 9.01. The van der Waals surface area contributed by atoms with E-state index < -0.39 is 17.0 Å². The topological polar surface area (TPSA) is 95.2 Å². The smallest absolute Gasteiger partial charge is 0.265 e. The first kappa shape index (κ1) is 11.9. The molecule has 2 atom stereocenters. The summed E-state index contributed by atoms with van der Waals surface area (Å²) in [5, 5.41) is 11.3. The fourth-order valence-corrected chi connectivity index (χ4v) is 1.91. The van der Waals surface area contributed by atoms with Crippen LogP contribution in [0.5, 0.6) is 0 Å². The fourth-order valence-electron chi connectivity index (χ4n) is 1.91. The van der Waals surface area contributed by atoms with Gasteiger partial charge in [-0.1, -0.05) is 32.1 Å². The Morgan fingerprint density at radius 2 is 2.13 bits per heavy atom. The van der Waals surface area contributed by atoms with Gasteiger partial charge in [-0.3, -0.25) is 10.1 Å². The van der Waals surface area contributed by atoms with Gasteiger partial charge in [0, 0.05) is 11.5 Å². The molecular weight excluding hydrogens is 194 g/mol. The minimum absolute atomic E-state index is 0.208. The highest BCUT2D eigenvalue weighted by Crippen LogP contribution is 2.38. The average Bonchev–Trinajstić information content (AvgIpc) is 2.17. The van der Waals surface area contributed by atoms with Crippen molar-refractivity contribution in [3.05, 3.63) is 34.4 Å². The highest BCUT2D eigenvalue weighted by Gasteiger charge is 2.57. The van der Waals surface area contributed by atoms with Crippen LogP contribution in [0.15, 0.2) is 24.3 Å². The van der Waals surface area contributed by atoms with Crippen LogP contribution in [0, 0.1) is 15.5 Å². The van der Waals surface area contributed by atoms with Gasteiger partial charge in [-0.2, -0.15) is 0 Å². The first-order valence-electron chi connectivity index (χ1n) is 4.84. The van der Waals surface area contributed by atoms with Crippen LogP contribution in [0.3, 0.4) is 0 Å². The van der Waals surface area contributed by atoms with E-state index in [1.165, 1.54) is 0 Å². The summed E-state index contributed by atoms with van der Waals surface area (Å²) in [5.41, 5.74) is 9.45. The molecule has 1 rings (SSSR count).